The van der Waals surface area contributed by atoms with Crippen molar-refractivity contribution in [3.05, 3.63) is 29.6 Å². The minimum absolute atomic E-state index is 0.0982. The first kappa shape index (κ1) is 11.7. The predicted octanol–water partition coefficient (Wildman–Crippen LogP) is -0.237. The van der Waals surface area contributed by atoms with Crippen LogP contribution in [0.25, 0.3) is 5.57 Å². The fraction of sp³-hybridized carbons (Fsp3) is 0.100. The highest BCUT2D eigenvalue weighted by atomic mass is 16.1. The molecule has 0 atom stereocenters. The Morgan fingerprint density at radius 1 is 1.56 bits per heavy atom. The van der Waals surface area contributed by atoms with Gasteiger partial charge in [-0.15, -0.1) is 0 Å². The molecule has 84 valence electrons. The largest absolute Gasteiger partial charge is 0.404 e. The molecule has 0 bridgehead atoms. The number of aromatic nitrogens is 1. The Labute approximate surface area is 92.9 Å². The van der Waals surface area contributed by atoms with Gasteiger partial charge >= 0.3 is 0 Å². The molecule has 0 radical (unpaired) electrons. The Balaban J connectivity index is 3.27. The van der Waals surface area contributed by atoms with Crippen LogP contribution in [0.1, 0.15) is 15.9 Å². The zero-order chi connectivity index (χ0) is 12.1. The van der Waals surface area contributed by atoms with Crippen LogP contribution in [-0.4, -0.2) is 24.2 Å². The SMILES string of the molecule is CN=CC(=CN)c1cnc(N)c(C(N)=O)c1. The summed E-state index contributed by atoms with van der Waals surface area (Å²) in [6, 6.07) is 1.53. The number of amides is 1. The molecule has 0 aromatic carbocycles. The number of allylic oxidation sites excluding steroid dienone is 1. The summed E-state index contributed by atoms with van der Waals surface area (Å²) in [5, 5.41) is 0. The van der Waals surface area contributed by atoms with Gasteiger partial charge in [-0.2, -0.15) is 0 Å². The second-order valence-corrected chi connectivity index (χ2v) is 3.03. The van der Waals surface area contributed by atoms with Gasteiger partial charge in [0, 0.05) is 36.8 Å². The number of nitrogens with two attached hydrogens (primary N) is 3. The molecular weight excluding hydrogens is 206 g/mol. The number of carbonyl (C=O) groups excluding carboxylic acids is 1. The van der Waals surface area contributed by atoms with Crippen molar-refractivity contribution in [2.45, 2.75) is 0 Å². The minimum Gasteiger partial charge on any atom is -0.404 e. The lowest BCUT2D eigenvalue weighted by Crippen LogP contribution is -2.15. The number of nitrogens with zero attached hydrogens (tertiary/aromatic N) is 2. The first-order valence-electron chi connectivity index (χ1n) is 4.50. The van der Waals surface area contributed by atoms with Gasteiger partial charge in [-0.05, 0) is 6.07 Å². The highest BCUT2D eigenvalue weighted by molar-refractivity contribution is 6.10. The van der Waals surface area contributed by atoms with Gasteiger partial charge in [-0.3, -0.25) is 9.79 Å². The molecule has 0 aliphatic carbocycles. The third-order valence-electron chi connectivity index (χ3n) is 1.97. The summed E-state index contributed by atoms with van der Waals surface area (Å²) in [5.74, 6) is -0.530. The molecule has 1 aromatic heterocycles. The lowest BCUT2D eigenvalue weighted by Gasteiger charge is -2.05. The molecule has 1 aromatic rings. The molecule has 1 heterocycles. The van der Waals surface area contributed by atoms with E-state index in [-0.39, 0.29) is 11.4 Å². The number of nitrogen functional groups attached to an aromatic ring is 1. The average Bonchev–Trinajstić information content (AvgIpc) is 2.26. The van der Waals surface area contributed by atoms with Gasteiger partial charge in [-0.1, -0.05) is 0 Å². The normalized spacial score (nSPS) is 11.9. The maximum absolute atomic E-state index is 11.1. The van der Waals surface area contributed by atoms with Crippen molar-refractivity contribution < 1.29 is 4.79 Å². The molecular formula is C10H13N5O. The Kier molecular flexibility index (Phi) is 3.60. The highest BCUT2D eigenvalue weighted by Gasteiger charge is 2.09. The quantitative estimate of drug-likeness (QED) is 0.607. The number of aliphatic imine (C=N–C) groups is 1. The number of hydrogen-bond acceptors (Lipinski definition) is 5. The maximum Gasteiger partial charge on any atom is 0.252 e. The van der Waals surface area contributed by atoms with Crippen molar-refractivity contribution in [2.24, 2.45) is 16.5 Å². The first-order chi connectivity index (χ1) is 7.60. The van der Waals surface area contributed by atoms with E-state index >= 15 is 0 Å². The monoisotopic (exact) mass is 219 g/mol. The summed E-state index contributed by atoms with van der Waals surface area (Å²) in [6.07, 6.45) is 4.42. The van der Waals surface area contributed by atoms with E-state index in [9.17, 15) is 4.79 Å². The average molecular weight is 219 g/mol. The van der Waals surface area contributed by atoms with Crippen LogP contribution in [0.2, 0.25) is 0 Å². The van der Waals surface area contributed by atoms with Gasteiger partial charge in [0.05, 0.1) is 5.56 Å². The number of rotatable bonds is 3. The topological polar surface area (TPSA) is 120 Å². The molecule has 0 fully saturated rings. The highest BCUT2D eigenvalue weighted by Crippen LogP contribution is 2.16. The summed E-state index contributed by atoms with van der Waals surface area (Å²) in [5.41, 5.74) is 17.5. The van der Waals surface area contributed by atoms with Crippen LogP contribution in [0.4, 0.5) is 5.82 Å². The second kappa shape index (κ2) is 4.92. The summed E-state index contributed by atoms with van der Waals surface area (Å²) in [7, 11) is 1.61. The molecule has 1 rings (SSSR count). The number of hydrogen-bond donors (Lipinski definition) is 3. The summed E-state index contributed by atoms with van der Waals surface area (Å²) < 4.78 is 0. The molecule has 6 heteroatoms. The lowest BCUT2D eigenvalue weighted by atomic mass is 10.1. The van der Waals surface area contributed by atoms with Crippen molar-refractivity contribution in [1.82, 2.24) is 4.98 Å². The van der Waals surface area contributed by atoms with Gasteiger partial charge in [0.15, 0.2) is 0 Å². The standard InChI is InChI=1S/C10H13N5O/c1-14-4-7(3-11)6-2-8(10(13)16)9(12)15-5-6/h2-5H,11H2,1H3,(H2,12,15)(H2,13,16). The molecule has 16 heavy (non-hydrogen) atoms. The van der Waals surface area contributed by atoms with Crippen LogP contribution < -0.4 is 17.2 Å². The summed E-state index contributed by atoms with van der Waals surface area (Å²) in [4.78, 5) is 18.8. The summed E-state index contributed by atoms with van der Waals surface area (Å²) in [6.45, 7) is 0. The second-order valence-electron chi connectivity index (χ2n) is 3.03. The number of primary amides is 1. The van der Waals surface area contributed by atoms with Crippen molar-refractivity contribution in [1.29, 1.82) is 0 Å². The van der Waals surface area contributed by atoms with E-state index in [2.05, 4.69) is 9.98 Å². The fourth-order valence-corrected chi connectivity index (χ4v) is 1.18. The molecule has 0 aliphatic rings. The first-order valence-corrected chi connectivity index (χ1v) is 4.50. The Bertz CT molecular complexity index is 464. The smallest absolute Gasteiger partial charge is 0.252 e. The van der Waals surface area contributed by atoms with E-state index in [1.807, 2.05) is 0 Å². The molecule has 0 saturated carbocycles. The van der Waals surface area contributed by atoms with E-state index in [1.54, 1.807) is 13.3 Å². The van der Waals surface area contributed by atoms with Crippen molar-refractivity contribution >= 4 is 23.5 Å². The molecule has 0 spiro atoms. The molecule has 0 saturated heterocycles. The van der Waals surface area contributed by atoms with Crippen LogP contribution in [0, 0.1) is 0 Å². The fourth-order valence-electron chi connectivity index (χ4n) is 1.18. The number of carbonyl (C=O) groups is 1. The van der Waals surface area contributed by atoms with E-state index in [0.717, 1.165) is 0 Å². The van der Waals surface area contributed by atoms with Crippen molar-refractivity contribution in [3.8, 4) is 0 Å². The summed E-state index contributed by atoms with van der Waals surface area (Å²) >= 11 is 0. The van der Waals surface area contributed by atoms with Crippen LogP contribution in [0.3, 0.4) is 0 Å². The minimum atomic E-state index is -0.628. The van der Waals surface area contributed by atoms with E-state index in [4.69, 9.17) is 17.2 Å². The molecule has 6 N–H and O–H groups in total. The van der Waals surface area contributed by atoms with Gasteiger partial charge < -0.3 is 17.2 Å². The van der Waals surface area contributed by atoms with Gasteiger partial charge in [0.25, 0.3) is 5.91 Å². The number of anilines is 1. The Morgan fingerprint density at radius 2 is 2.25 bits per heavy atom. The molecule has 1 amide bonds. The van der Waals surface area contributed by atoms with Gasteiger partial charge in [0.1, 0.15) is 5.82 Å². The van der Waals surface area contributed by atoms with Crippen LogP contribution in [0.15, 0.2) is 23.5 Å². The van der Waals surface area contributed by atoms with E-state index in [0.29, 0.717) is 11.1 Å². The number of pyridine rings is 1. The van der Waals surface area contributed by atoms with E-state index in [1.165, 1.54) is 18.5 Å². The zero-order valence-electron chi connectivity index (χ0n) is 8.84. The van der Waals surface area contributed by atoms with Gasteiger partial charge in [0.2, 0.25) is 0 Å². The molecule has 0 unspecified atom stereocenters. The molecule has 0 aliphatic heterocycles. The van der Waals surface area contributed by atoms with Crippen LogP contribution in [0.5, 0.6) is 0 Å². The Morgan fingerprint density at radius 3 is 2.75 bits per heavy atom. The van der Waals surface area contributed by atoms with E-state index < -0.39 is 5.91 Å². The van der Waals surface area contributed by atoms with Crippen molar-refractivity contribution in [2.75, 3.05) is 12.8 Å². The third kappa shape index (κ3) is 2.35. The Hall–Kier alpha value is -2.37. The maximum atomic E-state index is 11.1. The van der Waals surface area contributed by atoms with Gasteiger partial charge in [-0.25, -0.2) is 4.98 Å². The van der Waals surface area contributed by atoms with Crippen molar-refractivity contribution in [3.63, 3.8) is 0 Å². The lowest BCUT2D eigenvalue weighted by molar-refractivity contribution is 0.100. The predicted molar refractivity (Wildman–Crippen MR) is 63.7 cm³/mol. The third-order valence-corrected chi connectivity index (χ3v) is 1.97. The van der Waals surface area contributed by atoms with Crippen LogP contribution in [-0.2, 0) is 0 Å². The molecule has 6 nitrogen and oxygen atoms in total. The van der Waals surface area contributed by atoms with Crippen LogP contribution >= 0.6 is 0 Å². The zero-order valence-corrected chi connectivity index (χ0v) is 8.84.